The molecule has 1 aromatic heterocycles. The van der Waals surface area contributed by atoms with Crippen LogP contribution in [0.1, 0.15) is 61.9 Å². The van der Waals surface area contributed by atoms with Crippen molar-refractivity contribution in [2.45, 2.75) is 59.7 Å². The van der Waals surface area contributed by atoms with Crippen molar-refractivity contribution in [3.05, 3.63) is 71.0 Å². The molecule has 5 nitrogen and oxygen atoms in total. The van der Waals surface area contributed by atoms with Crippen LogP contribution in [0.4, 0.5) is 0 Å². The molecule has 0 unspecified atom stereocenters. The van der Waals surface area contributed by atoms with E-state index in [0.29, 0.717) is 17.1 Å². The van der Waals surface area contributed by atoms with Crippen LogP contribution in [0.5, 0.6) is 5.75 Å². The Hall–Kier alpha value is -3.34. The van der Waals surface area contributed by atoms with Gasteiger partial charge in [-0.25, -0.2) is 4.79 Å². The van der Waals surface area contributed by atoms with Crippen LogP contribution in [-0.2, 0) is 9.53 Å². The van der Waals surface area contributed by atoms with Crippen LogP contribution in [0.15, 0.2) is 53.0 Å². The number of allylic oxidation sites excluding steroid dienone is 1. The van der Waals surface area contributed by atoms with Crippen LogP contribution < -0.4 is 4.74 Å². The zero-order valence-corrected chi connectivity index (χ0v) is 19.7. The van der Waals surface area contributed by atoms with Crippen LogP contribution in [-0.4, -0.2) is 23.0 Å². The summed E-state index contributed by atoms with van der Waals surface area (Å²) in [6.07, 6.45) is 3.25. The van der Waals surface area contributed by atoms with Crippen LogP contribution in [0.25, 0.3) is 17.0 Å². The summed E-state index contributed by atoms with van der Waals surface area (Å²) in [6.45, 7) is 12.7. The average Bonchev–Trinajstić information content (AvgIpc) is 3.12. The van der Waals surface area contributed by atoms with Crippen molar-refractivity contribution in [1.82, 2.24) is 0 Å². The lowest BCUT2D eigenvalue weighted by Gasteiger charge is -2.30. The average molecular weight is 435 g/mol. The highest BCUT2D eigenvalue weighted by Gasteiger charge is 2.35. The van der Waals surface area contributed by atoms with E-state index in [-0.39, 0.29) is 5.78 Å². The molecule has 0 atom stereocenters. The van der Waals surface area contributed by atoms with Crippen molar-refractivity contribution >= 4 is 28.8 Å². The number of rotatable bonds is 6. The fourth-order valence-electron chi connectivity index (χ4n) is 3.30. The molecule has 0 saturated heterocycles. The Kier molecular flexibility index (Phi) is 6.31. The fourth-order valence-corrected chi connectivity index (χ4v) is 3.30. The van der Waals surface area contributed by atoms with E-state index in [1.54, 1.807) is 26.0 Å². The van der Waals surface area contributed by atoms with Gasteiger partial charge in [-0.2, -0.15) is 0 Å². The number of ketones is 1. The molecular formula is C27H30O5. The Morgan fingerprint density at radius 3 is 2.16 bits per heavy atom. The molecule has 0 radical (unpaired) electrons. The SMILES string of the molecule is Cc1cc(/C=C/C(=O)c2cc3ccccc3o2)cc(C)c1OC(C)(C)C(=O)OC(C)(C)C. The predicted octanol–water partition coefficient (Wildman–Crippen LogP) is 6.44. The van der Waals surface area contributed by atoms with E-state index < -0.39 is 17.2 Å². The first-order valence-corrected chi connectivity index (χ1v) is 10.6. The van der Waals surface area contributed by atoms with Crippen LogP contribution in [0, 0.1) is 13.8 Å². The number of ether oxygens (including phenoxy) is 2. The molecule has 32 heavy (non-hydrogen) atoms. The van der Waals surface area contributed by atoms with Gasteiger partial charge in [-0.3, -0.25) is 4.79 Å². The predicted molar refractivity (Wildman–Crippen MR) is 126 cm³/mol. The largest absolute Gasteiger partial charge is 0.476 e. The van der Waals surface area contributed by atoms with Crippen molar-refractivity contribution < 1.29 is 23.5 Å². The number of hydrogen-bond acceptors (Lipinski definition) is 5. The molecule has 0 bridgehead atoms. The van der Waals surface area contributed by atoms with Crippen LogP contribution in [0.2, 0.25) is 0 Å². The quantitative estimate of drug-likeness (QED) is 0.254. The number of para-hydroxylation sites is 1. The monoisotopic (exact) mass is 434 g/mol. The molecule has 0 saturated carbocycles. The van der Waals surface area contributed by atoms with Gasteiger partial charge >= 0.3 is 5.97 Å². The first kappa shape index (κ1) is 23.3. The zero-order chi connectivity index (χ0) is 23.7. The number of furan rings is 1. The lowest BCUT2D eigenvalue weighted by Crippen LogP contribution is -2.43. The number of hydrogen-bond donors (Lipinski definition) is 0. The minimum absolute atomic E-state index is 0.206. The van der Waals surface area contributed by atoms with Gasteiger partial charge in [0.1, 0.15) is 16.9 Å². The molecule has 0 fully saturated rings. The summed E-state index contributed by atoms with van der Waals surface area (Å²) < 4.78 is 17.2. The summed E-state index contributed by atoms with van der Waals surface area (Å²) in [5.41, 5.74) is 1.52. The summed E-state index contributed by atoms with van der Waals surface area (Å²) in [4.78, 5) is 25.1. The first-order valence-electron chi connectivity index (χ1n) is 10.6. The van der Waals surface area contributed by atoms with E-state index >= 15 is 0 Å². The van der Waals surface area contributed by atoms with E-state index in [4.69, 9.17) is 13.9 Å². The van der Waals surface area contributed by atoms with Gasteiger partial charge in [-0.05, 0) is 95.5 Å². The van der Waals surface area contributed by atoms with Gasteiger partial charge in [0.15, 0.2) is 11.4 Å². The van der Waals surface area contributed by atoms with E-state index in [0.717, 1.165) is 22.1 Å². The van der Waals surface area contributed by atoms with Gasteiger partial charge in [0.25, 0.3) is 0 Å². The van der Waals surface area contributed by atoms with E-state index in [2.05, 4.69) is 0 Å². The summed E-state index contributed by atoms with van der Waals surface area (Å²) in [5.74, 6) is 0.295. The second-order valence-electron chi connectivity index (χ2n) is 9.44. The van der Waals surface area contributed by atoms with E-state index in [1.165, 1.54) is 6.08 Å². The van der Waals surface area contributed by atoms with Crippen molar-refractivity contribution in [2.75, 3.05) is 0 Å². The molecule has 0 aliphatic heterocycles. The number of aryl methyl sites for hydroxylation is 2. The van der Waals surface area contributed by atoms with Crippen molar-refractivity contribution in [3.8, 4) is 5.75 Å². The standard InChI is InChI=1S/C27H30O5/c1-17-14-19(12-13-21(28)23-16-20-10-8-9-11-22(20)30-23)15-18(2)24(17)31-27(6,7)25(29)32-26(3,4)5/h8-16H,1-7H3/b13-12+. The Morgan fingerprint density at radius 1 is 0.938 bits per heavy atom. The minimum atomic E-state index is -1.14. The first-order chi connectivity index (χ1) is 14.9. The molecular weight excluding hydrogens is 404 g/mol. The third-order valence-corrected chi connectivity index (χ3v) is 4.83. The minimum Gasteiger partial charge on any atom is -0.476 e. The van der Waals surface area contributed by atoms with Gasteiger partial charge in [-0.1, -0.05) is 24.3 Å². The maximum Gasteiger partial charge on any atom is 0.350 e. The smallest absolute Gasteiger partial charge is 0.350 e. The highest BCUT2D eigenvalue weighted by molar-refractivity contribution is 6.07. The normalized spacial score (nSPS) is 12.3. The number of carbonyl (C=O) groups excluding carboxylic acids is 2. The van der Waals surface area contributed by atoms with Gasteiger partial charge < -0.3 is 13.9 Å². The third kappa shape index (κ3) is 5.47. The Labute approximate surface area is 189 Å². The lowest BCUT2D eigenvalue weighted by molar-refractivity contribution is -0.171. The summed E-state index contributed by atoms with van der Waals surface area (Å²) in [7, 11) is 0. The Balaban J connectivity index is 1.77. The fraction of sp³-hybridized carbons (Fsp3) is 0.333. The highest BCUT2D eigenvalue weighted by atomic mass is 16.6. The lowest BCUT2D eigenvalue weighted by atomic mass is 10.0. The number of carbonyl (C=O) groups is 2. The molecule has 0 amide bonds. The zero-order valence-electron chi connectivity index (χ0n) is 19.7. The van der Waals surface area contributed by atoms with Crippen molar-refractivity contribution in [2.24, 2.45) is 0 Å². The maximum atomic E-state index is 12.5. The molecule has 5 heteroatoms. The molecule has 0 N–H and O–H groups in total. The summed E-state index contributed by atoms with van der Waals surface area (Å²) >= 11 is 0. The van der Waals surface area contributed by atoms with Gasteiger partial charge in [0.05, 0.1) is 0 Å². The second-order valence-corrected chi connectivity index (χ2v) is 9.44. The topological polar surface area (TPSA) is 65.7 Å². The molecule has 0 aliphatic carbocycles. The molecule has 2 aromatic carbocycles. The summed E-state index contributed by atoms with van der Waals surface area (Å²) in [5, 5.41) is 0.894. The molecule has 0 aliphatic rings. The van der Waals surface area contributed by atoms with Gasteiger partial charge in [0, 0.05) is 5.39 Å². The highest BCUT2D eigenvalue weighted by Crippen LogP contribution is 2.30. The molecule has 1 heterocycles. The van der Waals surface area contributed by atoms with E-state index in [1.807, 2.05) is 71.0 Å². The van der Waals surface area contributed by atoms with Crippen LogP contribution >= 0.6 is 0 Å². The third-order valence-electron chi connectivity index (χ3n) is 4.83. The number of esters is 1. The van der Waals surface area contributed by atoms with Gasteiger partial charge in [-0.15, -0.1) is 0 Å². The van der Waals surface area contributed by atoms with Crippen LogP contribution in [0.3, 0.4) is 0 Å². The molecule has 3 aromatic rings. The molecule has 3 rings (SSSR count). The molecule has 168 valence electrons. The maximum absolute atomic E-state index is 12.5. The Bertz CT molecular complexity index is 1130. The second kappa shape index (κ2) is 8.65. The van der Waals surface area contributed by atoms with Gasteiger partial charge in [0.2, 0.25) is 5.78 Å². The molecule has 0 spiro atoms. The summed E-state index contributed by atoms with van der Waals surface area (Å²) in [6, 6.07) is 13.1. The van der Waals surface area contributed by atoms with Crippen molar-refractivity contribution in [1.29, 1.82) is 0 Å². The van der Waals surface area contributed by atoms with Crippen molar-refractivity contribution in [3.63, 3.8) is 0 Å². The van der Waals surface area contributed by atoms with E-state index in [9.17, 15) is 9.59 Å². The number of fused-ring (bicyclic) bond motifs is 1. The Morgan fingerprint density at radius 2 is 1.56 bits per heavy atom. The number of benzene rings is 2.